The first kappa shape index (κ1) is 14.4. The van der Waals surface area contributed by atoms with E-state index in [1.807, 2.05) is 6.92 Å². The number of ether oxygens (including phenoxy) is 1. The molecule has 0 amide bonds. The molecule has 0 aromatic heterocycles. The lowest BCUT2D eigenvalue weighted by Crippen LogP contribution is -2.36. The second-order valence-electron chi connectivity index (χ2n) is 5.63. The highest BCUT2D eigenvalue weighted by Gasteiger charge is 2.33. The number of unbranched alkanes of at least 4 members (excludes halogenated alkanes) is 2. The normalized spacial score (nSPS) is 22.6. The van der Waals surface area contributed by atoms with Crippen molar-refractivity contribution in [3.8, 4) is 0 Å². The second-order valence-corrected chi connectivity index (χ2v) is 5.63. The average Bonchev–Trinajstić information content (AvgIpc) is 2.88. The van der Waals surface area contributed by atoms with E-state index in [2.05, 4.69) is 11.8 Å². The Balaban J connectivity index is 2.03. The lowest BCUT2D eigenvalue weighted by atomic mass is 9.93. The molecule has 1 unspecified atom stereocenters. The zero-order chi connectivity index (χ0) is 13.7. The Kier molecular flexibility index (Phi) is 5.29. The molecular weight excluding hydrogens is 238 g/mol. The number of carbonyl (C=O) groups is 1. The molecule has 2 aliphatic heterocycles. The summed E-state index contributed by atoms with van der Waals surface area (Å²) in [6, 6.07) is 0.669. The Morgan fingerprint density at radius 1 is 1.32 bits per heavy atom. The van der Waals surface area contributed by atoms with Gasteiger partial charge in [0.05, 0.1) is 12.2 Å². The monoisotopic (exact) mass is 265 g/mol. The number of hydrogen-bond donors (Lipinski definition) is 0. The number of rotatable bonds is 6. The van der Waals surface area contributed by atoms with E-state index in [1.165, 1.54) is 37.8 Å². The first-order valence-electron chi connectivity index (χ1n) is 7.93. The van der Waals surface area contributed by atoms with Gasteiger partial charge in [-0.15, -0.1) is 0 Å². The van der Waals surface area contributed by atoms with Crippen LogP contribution in [0, 0.1) is 0 Å². The molecule has 0 N–H and O–H groups in total. The highest BCUT2D eigenvalue weighted by molar-refractivity contribution is 5.89. The molecule has 0 radical (unpaired) electrons. The van der Waals surface area contributed by atoms with Crippen LogP contribution in [-0.4, -0.2) is 30.1 Å². The molecule has 0 aliphatic carbocycles. The summed E-state index contributed by atoms with van der Waals surface area (Å²) in [6.07, 6.45) is 9.52. The van der Waals surface area contributed by atoms with Crippen molar-refractivity contribution in [2.75, 3.05) is 13.2 Å². The Bertz CT molecular complexity index is 349. The molecule has 108 valence electrons. The maximum absolute atomic E-state index is 12.0. The van der Waals surface area contributed by atoms with Crippen LogP contribution in [0.3, 0.4) is 0 Å². The SMILES string of the molecule is CCCCCC1CCC(C(=O)OCC)=C2CCCN21. The van der Waals surface area contributed by atoms with Gasteiger partial charge < -0.3 is 9.64 Å². The average molecular weight is 265 g/mol. The van der Waals surface area contributed by atoms with E-state index in [4.69, 9.17) is 4.74 Å². The van der Waals surface area contributed by atoms with Crippen molar-refractivity contribution in [3.05, 3.63) is 11.3 Å². The van der Waals surface area contributed by atoms with E-state index in [-0.39, 0.29) is 5.97 Å². The van der Waals surface area contributed by atoms with Gasteiger partial charge in [0.25, 0.3) is 0 Å². The third kappa shape index (κ3) is 3.31. The Morgan fingerprint density at radius 2 is 2.16 bits per heavy atom. The van der Waals surface area contributed by atoms with E-state index in [0.29, 0.717) is 12.6 Å². The van der Waals surface area contributed by atoms with Gasteiger partial charge in [0.15, 0.2) is 0 Å². The molecule has 0 aromatic rings. The van der Waals surface area contributed by atoms with Gasteiger partial charge in [-0.2, -0.15) is 0 Å². The van der Waals surface area contributed by atoms with E-state index >= 15 is 0 Å². The molecule has 0 aromatic carbocycles. The van der Waals surface area contributed by atoms with Crippen LogP contribution in [0.25, 0.3) is 0 Å². The van der Waals surface area contributed by atoms with Crippen molar-refractivity contribution < 1.29 is 9.53 Å². The number of fused-ring (bicyclic) bond motifs is 1. The van der Waals surface area contributed by atoms with Crippen LogP contribution >= 0.6 is 0 Å². The molecule has 2 heterocycles. The molecule has 19 heavy (non-hydrogen) atoms. The molecule has 2 aliphatic rings. The minimum Gasteiger partial charge on any atom is -0.463 e. The van der Waals surface area contributed by atoms with Gasteiger partial charge in [-0.1, -0.05) is 26.2 Å². The summed E-state index contributed by atoms with van der Waals surface area (Å²) >= 11 is 0. The Morgan fingerprint density at radius 3 is 2.89 bits per heavy atom. The molecule has 0 spiro atoms. The maximum Gasteiger partial charge on any atom is 0.335 e. The third-order valence-electron chi connectivity index (χ3n) is 4.34. The van der Waals surface area contributed by atoms with Crippen molar-refractivity contribution in [1.29, 1.82) is 0 Å². The minimum absolute atomic E-state index is 0.0728. The maximum atomic E-state index is 12.0. The van der Waals surface area contributed by atoms with Crippen LogP contribution in [0.5, 0.6) is 0 Å². The van der Waals surface area contributed by atoms with Crippen molar-refractivity contribution >= 4 is 5.97 Å². The molecule has 3 heteroatoms. The number of hydrogen-bond acceptors (Lipinski definition) is 3. The molecule has 2 rings (SSSR count). The standard InChI is InChI=1S/C16H27NO2/c1-3-5-6-8-13-10-11-14(16(18)19-4-2)15-9-7-12-17(13)15/h13H,3-12H2,1-2H3. The van der Waals surface area contributed by atoms with Gasteiger partial charge in [-0.25, -0.2) is 4.79 Å². The van der Waals surface area contributed by atoms with Crippen molar-refractivity contribution in [3.63, 3.8) is 0 Å². The van der Waals surface area contributed by atoms with Crippen molar-refractivity contribution in [2.45, 2.75) is 71.3 Å². The molecule has 0 saturated carbocycles. The topological polar surface area (TPSA) is 29.5 Å². The molecular formula is C16H27NO2. The molecule has 1 atom stereocenters. The molecule has 1 saturated heterocycles. The zero-order valence-corrected chi connectivity index (χ0v) is 12.4. The first-order chi connectivity index (χ1) is 9.27. The van der Waals surface area contributed by atoms with Gasteiger partial charge >= 0.3 is 5.97 Å². The van der Waals surface area contributed by atoms with Gasteiger partial charge in [0.2, 0.25) is 0 Å². The van der Waals surface area contributed by atoms with Gasteiger partial charge in [0.1, 0.15) is 0 Å². The minimum atomic E-state index is -0.0728. The van der Waals surface area contributed by atoms with Gasteiger partial charge in [0, 0.05) is 18.3 Å². The fraction of sp³-hybridized carbons (Fsp3) is 0.812. The second kappa shape index (κ2) is 6.97. The number of esters is 1. The summed E-state index contributed by atoms with van der Waals surface area (Å²) in [7, 11) is 0. The zero-order valence-electron chi connectivity index (χ0n) is 12.4. The fourth-order valence-corrected chi connectivity index (χ4v) is 3.40. The first-order valence-corrected chi connectivity index (χ1v) is 7.93. The van der Waals surface area contributed by atoms with E-state index < -0.39 is 0 Å². The summed E-state index contributed by atoms with van der Waals surface area (Å²) < 4.78 is 5.20. The number of nitrogens with zero attached hydrogens (tertiary/aromatic N) is 1. The largest absolute Gasteiger partial charge is 0.463 e. The lowest BCUT2D eigenvalue weighted by Gasteiger charge is -2.36. The Hall–Kier alpha value is -0.990. The lowest BCUT2D eigenvalue weighted by molar-refractivity contribution is -0.139. The van der Waals surface area contributed by atoms with E-state index in [9.17, 15) is 4.79 Å². The van der Waals surface area contributed by atoms with Gasteiger partial charge in [-0.3, -0.25) is 0 Å². The molecule has 3 nitrogen and oxygen atoms in total. The van der Waals surface area contributed by atoms with Crippen LogP contribution in [-0.2, 0) is 9.53 Å². The Labute approximate surface area is 117 Å². The quantitative estimate of drug-likeness (QED) is 0.542. The molecule has 0 bridgehead atoms. The highest BCUT2D eigenvalue weighted by Crippen LogP contribution is 2.36. The number of allylic oxidation sites excluding steroid dienone is 1. The predicted molar refractivity (Wildman–Crippen MR) is 76.8 cm³/mol. The molecule has 1 fully saturated rings. The van der Waals surface area contributed by atoms with Crippen molar-refractivity contribution in [1.82, 2.24) is 4.90 Å². The van der Waals surface area contributed by atoms with Gasteiger partial charge in [-0.05, 0) is 39.0 Å². The highest BCUT2D eigenvalue weighted by atomic mass is 16.5. The number of carbonyl (C=O) groups excluding carboxylic acids is 1. The summed E-state index contributed by atoms with van der Waals surface area (Å²) in [5.74, 6) is -0.0728. The van der Waals surface area contributed by atoms with Crippen LogP contribution in [0.15, 0.2) is 11.3 Å². The van der Waals surface area contributed by atoms with Crippen LogP contribution in [0.1, 0.15) is 65.2 Å². The van der Waals surface area contributed by atoms with Crippen molar-refractivity contribution in [2.24, 2.45) is 0 Å². The van der Waals surface area contributed by atoms with E-state index in [1.54, 1.807) is 0 Å². The van der Waals surface area contributed by atoms with Crippen LogP contribution in [0.4, 0.5) is 0 Å². The summed E-state index contributed by atoms with van der Waals surface area (Å²) in [6.45, 7) is 5.75. The summed E-state index contributed by atoms with van der Waals surface area (Å²) in [5.41, 5.74) is 2.26. The van der Waals surface area contributed by atoms with Crippen LogP contribution in [0.2, 0.25) is 0 Å². The predicted octanol–water partition coefficient (Wildman–Crippen LogP) is 3.64. The summed E-state index contributed by atoms with van der Waals surface area (Å²) in [4.78, 5) is 14.5. The fourth-order valence-electron chi connectivity index (χ4n) is 3.40. The van der Waals surface area contributed by atoms with Crippen LogP contribution < -0.4 is 0 Å². The smallest absolute Gasteiger partial charge is 0.335 e. The third-order valence-corrected chi connectivity index (χ3v) is 4.34. The van der Waals surface area contributed by atoms with E-state index in [0.717, 1.165) is 31.4 Å². The summed E-state index contributed by atoms with van der Waals surface area (Å²) in [5, 5.41) is 0.